The molecule has 0 spiro atoms. The Kier molecular flexibility index (Phi) is 2.97. The Bertz CT molecular complexity index is 523. The molecule has 2 rings (SSSR count). The fourth-order valence-electron chi connectivity index (χ4n) is 2.05. The highest BCUT2D eigenvalue weighted by Crippen LogP contribution is 2.27. The molecule has 18 heavy (non-hydrogen) atoms. The molecule has 1 aromatic rings. The molecule has 0 aliphatic carbocycles. The van der Waals surface area contributed by atoms with Gasteiger partial charge in [-0.25, -0.2) is 4.79 Å². The van der Waals surface area contributed by atoms with Crippen LogP contribution in [0.1, 0.15) is 17.7 Å². The Hall–Kier alpha value is -2.07. The lowest BCUT2D eigenvalue weighted by Gasteiger charge is -2.24. The highest BCUT2D eigenvalue weighted by molar-refractivity contribution is 5.83. The highest BCUT2D eigenvalue weighted by Gasteiger charge is 2.43. The summed E-state index contributed by atoms with van der Waals surface area (Å²) in [6.45, 7) is 2.18. The van der Waals surface area contributed by atoms with Crippen molar-refractivity contribution in [3.63, 3.8) is 0 Å². The third kappa shape index (κ3) is 1.80. The van der Waals surface area contributed by atoms with E-state index in [1.807, 2.05) is 6.07 Å². The topological polar surface area (TPSA) is 100 Å². The summed E-state index contributed by atoms with van der Waals surface area (Å²) in [6, 6.07) is 2.04. The maximum Gasteiger partial charge on any atom is 0.331 e. The Morgan fingerprint density at radius 1 is 1.72 bits per heavy atom. The molecule has 1 atom stereocenters. The van der Waals surface area contributed by atoms with Crippen LogP contribution in [-0.2, 0) is 16.6 Å². The Balaban J connectivity index is 2.39. The average molecular weight is 250 g/mol. The largest absolute Gasteiger partial charge is 0.479 e. The van der Waals surface area contributed by atoms with Gasteiger partial charge in [0.1, 0.15) is 17.5 Å². The summed E-state index contributed by atoms with van der Waals surface area (Å²) in [4.78, 5) is 11.4. The molecule has 1 aliphatic heterocycles. The van der Waals surface area contributed by atoms with Crippen LogP contribution < -0.4 is 5.32 Å². The van der Waals surface area contributed by atoms with Crippen LogP contribution in [0.5, 0.6) is 0 Å². The van der Waals surface area contributed by atoms with Gasteiger partial charge in [-0.3, -0.25) is 4.68 Å². The predicted octanol–water partition coefficient (Wildman–Crippen LogP) is 0.256. The number of aryl methyl sites for hydroxylation is 2. The molecule has 2 N–H and O–H groups in total. The second-order valence-electron chi connectivity index (χ2n) is 4.36. The predicted molar refractivity (Wildman–Crippen MR) is 62.1 cm³/mol. The van der Waals surface area contributed by atoms with Crippen LogP contribution in [0.3, 0.4) is 0 Å². The molecule has 0 aromatic carbocycles. The minimum atomic E-state index is -1.17. The van der Waals surface area contributed by atoms with Crippen molar-refractivity contribution in [3.05, 3.63) is 11.3 Å². The highest BCUT2D eigenvalue weighted by atomic mass is 16.5. The first kappa shape index (κ1) is 12.4. The second-order valence-corrected chi connectivity index (χ2v) is 4.36. The molecule has 2 heterocycles. The van der Waals surface area contributed by atoms with Gasteiger partial charge in [0.25, 0.3) is 0 Å². The van der Waals surface area contributed by atoms with E-state index >= 15 is 0 Å². The van der Waals surface area contributed by atoms with Crippen molar-refractivity contribution in [1.82, 2.24) is 9.78 Å². The van der Waals surface area contributed by atoms with Gasteiger partial charge in [-0.2, -0.15) is 10.4 Å². The van der Waals surface area contributed by atoms with E-state index in [9.17, 15) is 9.90 Å². The molecule has 1 saturated heterocycles. The zero-order valence-corrected chi connectivity index (χ0v) is 10.2. The van der Waals surface area contributed by atoms with Crippen LogP contribution in [0.25, 0.3) is 0 Å². The van der Waals surface area contributed by atoms with Crippen molar-refractivity contribution in [2.24, 2.45) is 7.05 Å². The third-order valence-electron chi connectivity index (χ3n) is 3.12. The molecule has 0 bridgehead atoms. The molecular formula is C11H14N4O3. The van der Waals surface area contributed by atoms with E-state index in [1.165, 1.54) is 4.68 Å². The number of hydrogen-bond donors (Lipinski definition) is 2. The molecule has 0 amide bonds. The number of ether oxygens (including phenoxy) is 1. The van der Waals surface area contributed by atoms with E-state index in [4.69, 9.17) is 10.00 Å². The maximum atomic E-state index is 11.4. The molecule has 1 unspecified atom stereocenters. The van der Waals surface area contributed by atoms with E-state index < -0.39 is 11.5 Å². The molecule has 0 radical (unpaired) electrons. The van der Waals surface area contributed by atoms with Gasteiger partial charge in [0.05, 0.1) is 12.3 Å². The molecule has 7 nitrogen and oxygen atoms in total. The fourth-order valence-corrected chi connectivity index (χ4v) is 2.05. The quantitative estimate of drug-likeness (QED) is 0.797. The zero-order chi connectivity index (χ0) is 13.3. The Labute approximate surface area is 104 Å². The summed E-state index contributed by atoms with van der Waals surface area (Å²) in [7, 11) is 1.67. The van der Waals surface area contributed by atoms with Gasteiger partial charge < -0.3 is 15.2 Å². The van der Waals surface area contributed by atoms with Crippen LogP contribution in [0.15, 0.2) is 0 Å². The number of nitriles is 1. The van der Waals surface area contributed by atoms with Crippen LogP contribution in [0.4, 0.5) is 5.82 Å². The number of hydrogen-bond acceptors (Lipinski definition) is 5. The van der Waals surface area contributed by atoms with Gasteiger partial charge >= 0.3 is 5.97 Å². The number of aromatic nitrogens is 2. The number of rotatable bonds is 3. The minimum absolute atomic E-state index is 0.0808. The molecule has 1 fully saturated rings. The minimum Gasteiger partial charge on any atom is -0.479 e. The van der Waals surface area contributed by atoms with Crippen molar-refractivity contribution in [2.45, 2.75) is 18.9 Å². The van der Waals surface area contributed by atoms with E-state index in [0.717, 1.165) is 0 Å². The molecule has 96 valence electrons. The maximum absolute atomic E-state index is 11.4. The summed E-state index contributed by atoms with van der Waals surface area (Å²) in [5.41, 5.74) is -0.238. The van der Waals surface area contributed by atoms with Crippen molar-refractivity contribution in [2.75, 3.05) is 18.5 Å². The molecular weight excluding hydrogens is 236 g/mol. The smallest absolute Gasteiger partial charge is 0.331 e. The first-order valence-corrected chi connectivity index (χ1v) is 5.53. The molecule has 1 aromatic heterocycles. The van der Waals surface area contributed by atoms with Gasteiger partial charge in [0.15, 0.2) is 5.54 Å². The first-order chi connectivity index (χ1) is 8.50. The van der Waals surface area contributed by atoms with E-state index in [1.54, 1.807) is 14.0 Å². The number of nitrogens with one attached hydrogen (secondary N) is 1. The number of anilines is 1. The Morgan fingerprint density at radius 3 is 2.94 bits per heavy atom. The Morgan fingerprint density at radius 2 is 2.44 bits per heavy atom. The number of carboxylic acids is 1. The zero-order valence-electron chi connectivity index (χ0n) is 10.2. The lowest BCUT2D eigenvalue weighted by molar-refractivity contribution is -0.142. The SMILES string of the molecule is Cc1nn(C)c(NC2(C(=O)O)CCOC2)c1C#N. The number of carboxylic acid groups (broad SMARTS) is 1. The molecule has 0 saturated carbocycles. The fraction of sp³-hybridized carbons (Fsp3) is 0.545. The number of aliphatic carboxylic acids is 1. The summed E-state index contributed by atoms with van der Waals surface area (Å²) >= 11 is 0. The van der Waals surface area contributed by atoms with Crippen molar-refractivity contribution in [1.29, 1.82) is 5.26 Å². The number of nitrogens with zero attached hydrogens (tertiary/aromatic N) is 3. The summed E-state index contributed by atoms with van der Waals surface area (Å²) in [6.07, 6.45) is 0.359. The van der Waals surface area contributed by atoms with E-state index in [0.29, 0.717) is 30.1 Å². The van der Waals surface area contributed by atoms with Crippen molar-refractivity contribution >= 4 is 11.8 Å². The van der Waals surface area contributed by atoms with E-state index in [2.05, 4.69) is 10.4 Å². The molecule has 1 aliphatic rings. The van der Waals surface area contributed by atoms with Crippen LogP contribution in [-0.4, -0.2) is 39.6 Å². The van der Waals surface area contributed by atoms with Crippen LogP contribution in [0, 0.1) is 18.3 Å². The van der Waals surface area contributed by atoms with Crippen molar-refractivity contribution < 1.29 is 14.6 Å². The number of carbonyl (C=O) groups is 1. The van der Waals surface area contributed by atoms with Crippen LogP contribution in [0.2, 0.25) is 0 Å². The third-order valence-corrected chi connectivity index (χ3v) is 3.12. The van der Waals surface area contributed by atoms with Gasteiger partial charge in [-0.05, 0) is 6.92 Å². The first-order valence-electron chi connectivity index (χ1n) is 5.53. The summed E-state index contributed by atoms with van der Waals surface area (Å²) in [5, 5.41) is 25.4. The van der Waals surface area contributed by atoms with E-state index in [-0.39, 0.29) is 6.61 Å². The standard InChI is InChI=1S/C11H14N4O3/c1-7-8(5-12)9(15(2)14-7)13-11(10(16)17)3-4-18-6-11/h13H,3-4,6H2,1-2H3,(H,16,17). The second kappa shape index (κ2) is 4.31. The lowest BCUT2D eigenvalue weighted by atomic mass is 9.99. The van der Waals surface area contributed by atoms with Crippen LogP contribution >= 0.6 is 0 Å². The van der Waals surface area contributed by atoms with Gasteiger partial charge in [-0.15, -0.1) is 0 Å². The van der Waals surface area contributed by atoms with Crippen molar-refractivity contribution in [3.8, 4) is 6.07 Å². The normalized spacial score (nSPS) is 22.7. The summed E-state index contributed by atoms with van der Waals surface area (Å²) < 4.78 is 6.64. The van der Waals surface area contributed by atoms with Gasteiger partial charge in [0, 0.05) is 20.1 Å². The summed E-state index contributed by atoms with van der Waals surface area (Å²) in [5.74, 6) is -0.564. The van der Waals surface area contributed by atoms with Gasteiger partial charge in [-0.1, -0.05) is 0 Å². The average Bonchev–Trinajstić information content (AvgIpc) is 2.87. The lowest BCUT2D eigenvalue weighted by Crippen LogP contribution is -2.47. The molecule has 7 heteroatoms. The monoisotopic (exact) mass is 250 g/mol. The van der Waals surface area contributed by atoms with Gasteiger partial charge in [0.2, 0.25) is 0 Å².